The average molecular weight is 225 g/mol. The molecular formula is C9H18O6. The van der Waals surface area contributed by atoms with Gasteiger partial charge in [0.05, 0.1) is 10.7 Å². The molecule has 6 heteroatoms. The Morgan fingerprint density at radius 3 is 2.67 bits per heavy atom. The molecule has 90 valence electrons. The van der Waals surface area contributed by atoms with Crippen molar-refractivity contribution in [3.8, 4) is 0 Å². The number of ketones is 1. The number of Topliss-reactive ketones (excluding diaryl/α,β-unsaturated/α-hetero) is 1. The Bertz CT molecular complexity index is 230. The first-order chi connectivity index (χ1) is 8.62. The van der Waals surface area contributed by atoms with Gasteiger partial charge >= 0.3 is 0 Å². The average Bonchev–Trinajstić information content (AvgIpc) is 2.39. The van der Waals surface area contributed by atoms with Gasteiger partial charge in [0, 0.05) is 21.3 Å². The lowest BCUT2D eigenvalue weighted by Crippen LogP contribution is -2.47. The standard InChI is InChI=1S/C9H18O6/c1-13-5-7(12)9(15-3)8(14-2)6(11)4-10/h6,8-11H,4-5H2,1-3H3/t6-,8-,9-/m1/s1/i1D,2D,3D. The Hall–Kier alpha value is -0.530. The van der Waals surface area contributed by atoms with Crippen LogP contribution < -0.4 is 0 Å². The lowest BCUT2D eigenvalue weighted by Gasteiger charge is -2.26. The van der Waals surface area contributed by atoms with E-state index in [1.807, 2.05) is 0 Å². The minimum absolute atomic E-state index is 0.411. The van der Waals surface area contributed by atoms with Crippen molar-refractivity contribution in [1.82, 2.24) is 0 Å². The first-order valence-electron chi connectivity index (χ1n) is 6.24. The fourth-order valence-corrected chi connectivity index (χ4v) is 1.06. The molecule has 0 aromatic rings. The van der Waals surface area contributed by atoms with E-state index in [0.717, 1.165) is 0 Å². The monoisotopic (exact) mass is 225 g/mol. The summed E-state index contributed by atoms with van der Waals surface area (Å²) in [7, 11) is -1.49. The molecule has 0 saturated carbocycles. The molecule has 15 heavy (non-hydrogen) atoms. The third kappa shape index (κ3) is 4.23. The van der Waals surface area contributed by atoms with Gasteiger partial charge in [0.1, 0.15) is 24.9 Å². The van der Waals surface area contributed by atoms with Crippen LogP contribution >= 0.6 is 0 Å². The van der Waals surface area contributed by atoms with E-state index in [1.54, 1.807) is 0 Å². The topological polar surface area (TPSA) is 85.2 Å². The number of hydrogen-bond acceptors (Lipinski definition) is 6. The van der Waals surface area contributed by atoms with Gasteiger partial charge in [-0.2, -0.15) is 0 Å². The molecular weight excluding hydrogens is 204 g/mol. The first kappa shape index (κ1) is 9.68. The maximum atomic E-state index is 11.7. The van der Waals surface area contributed by atoms with Gasteiger partial charge in [-0.15, -0.1) is 0 Å². The number of hydrogen-bond donors (Lipinski definition) is 2. The highest BCUT2D eigenvalue weighted by molar-refractivity contribution is 5.85. The lowest BCUT2D eigenvalue weighted by molar-refractivity contribution is -0.151. The zero-order valence-electron chi connectivity index (χ0n) is 11.3. The summed E-state index contributed by atoms with van der Waals surface area (Å²) in [5.74, 6) is -0.625. The fourth-order valence-electron chi connectivity index (χ4n) is 1.06. The predicted octanol–water partition coefficient (Wildman–Crippen LogP) is -1.41. The first-order valence-corrected chi connectivity index (χ1v) is 4.12. The van der Waals surface area contributed by atoms with Gasteiger partial charge in [-0.3, -0.25) is 4.79 Å². The minimum Gasteiger partial charge on any atom is -0.394 e. The molecule has 0 heterocycles. The third-order valence-corrected chi connectivity index (χ3v) is 1.80. The normalized spacial score (nSPS) is 19.7. The predicted molar refractivity (Wildman–Crippen MR) is 51.6 cm³/mol. The van der Waals surface area contributed by atoms with Crippen LogP contribution in [0.1, 0.15) is 4.11 Å². The molecule has 0 aromatic heterocycles. The summed E-state index contributed by atoms with van der Waals surface area (Å²) >= 11 is 0. The highest BCUT2D eigenvalue weighted by Crippen LogP contribution is 2.09. The molecule has 0 aromatic carbocycles. The van der Waals surface area contributed by atoms with E-state index >= 15 is 0 Å². The summed E-state index contributed by atoms with van der Waals surface area (Å²) in [4.78, 5) is 11.7. The van der Waals surface area contributed by atoms with E-state index in [-0.39, 0.29) is 0 Å². The van der Waals surface area contributed by atoms with Crippen LogP contribution in [0.3, 0.4) is 0 Å². The lowest BCUT2D eigenvalue weighted by atomic mass is 10.0. The summed E-state index contributed by atoms with van der Waals surface area (Å²) in [5.41, 5.74) is 0. The van der Waals surface area contributed by atoms with Crippen molar-refractivity contribution in [2.75, 3.05) is 34.5 Å². The molecule has 3 atom stereocenters. The maximum absolute atomic E-state index is 11.7. The second-order valence-electron chi connectivity index (χ2n) is 2.78. The van der Waals surface area contributed by atoms with E-state index in [0.29, 0.717) is 0 Å². The van der Waals surface area contributed by atoms with Crippen LogP contribution in [-0.2, 0) is 19.0 Å². The van der Waals surface area contributed by atoms with Gasteiger partial charge in [0.25, 0.3) is 0 Å². The van der Waals surface area contributed by atoms with Crippen LogP contribution in [0.5, 0.6) is 0 Å². The molecule has 0 spiro atoms. The molecule has 0 aliphatic heterocycles. The van der Waals surface area contributed by atoms with E-state index < -0.39 is 58.6 Å². The SMILES string of the molecule is [2H]COCC(=O)[C@@H](OC[2H])[C@H](OC[2H])[C@H](O)CO. The van der Waals surface area contributed by atoms with Crippen LogP contribution in [0.2, 0.25) is 0 Å². The molecule has 2 N–H and O–H groups in total. The summed E-state index contributed by atoms with van der Waals surface area (Å²) in [5, 5.41) is 18.3. The zero-order chi connectivity index (χ0) is 14.0. The van der Waals surface area contributed by atoms with Crippen LogP contribution in [0, 0.1) is 0 Å². The van der Waals surface area contributed by atoms with Gasteiger partial charge in [-0.25, -0.2) is 0 Å². The number of aliphatic hydroxyl groups is 2. The van der Waals surface area contributed by atoms with E-state index in [9.17, 15) is 9.90 Å². The molecule has 0 fully saturated rings. The Kier molecular flexibility index (Phi) is 4.98. The molecule has 0 aliphatic rings. The van der Waals surface area contributed by atoms with Gasteiger partial charge in [0.2, 0.25) is 0 Å². The van der Waals surface area contributed by atoms with E-state index in [2.05, 4.69) is 4.74 Å². The second kappa shape index (κ2) is 7.72. The summed E-state index contributed by atoms with van der Waals surface area (Å²) < 4.78 is 34.9. The summed E-state index contributed by atoms with van der Waals surface area (Å²) in [6.45, 7) is -1.10. The molecule has 6 nitrogen and oxygen atoms in total. The Morgan fingerprint density at radius 1 is 1.40 bits per heavy atom. The van der Waals surface area contributed by atoms with Crippen molar-refractivity contribution < 1.29 is 33.3 Å². The van der Waals surface area contributed by atoms with Gasteiger partial charge in [-0.1, -0.05) is 0 Å². The molecule has 0 unspecified atom stereocenters. The molecule has 0 amide bonds. The van der Waals surface area contributed by atoms with Gasteiger partial charge in [-0.05, 0) is 0 Å². The Balaban J connectivity index is 4.71. The van der Waals surface area contributed by atoms with E-state index in [4.69, 9.17) is 18.7 Å². The van der Waals surface area contributed by atoms with Crippen molar-refractivity contribution >= 4 is 5.78 Å². The Morgan fingerprint density at radius 2 is 2.13 bits per heavy atom. The van der Waals surface area contributed by atoms with Crippen LogP contribution in [0.25, 0.3) is 0 Å². The number of ether oxygens (including phenoxy) is 3. The van der Waals surface area contributed by atoms with Gasteiger partial charge in [0.15, 0.2) is 5.78 Å². The van der Waals surface area contributed by atoms with E-state index in [1.165, 1.54) is 0 Å². The van der Waals surface area contributed by atoms with Crippen molar-refractivity contribution in [3.05, 3.63) is 0 Å². The minimum atomic E-state index is -1.41. The van der Waals surface area contributed by atoms with Gasteiger partial charge < -0.3 is 24.4 Å². The zero-order valence-corrected chi connectivity index (χ0v) is 8.30. The number of methoxy groups -OCH3 is 3. The molecule has 0 rings (SSSR count). The smallest absolute Gasteiger partial charge is 0.189 e. The number of carbonyl (C=O) groups excluding carboxylic acids is 1. The van der Waals surface area contributed by atoms with Crippen molar-refractivity contribution in [2.24, 2.45) is 0 Å². The third-order valence-electron chi connectivity index (χ3n) is 1.80. The summed E-state index contributed by atoms with van der Waals surface area (Å²) in [6.07, 6.45) is -3.98. The maximum Gasteiger partial charge on any atom is 0.189 e. The molecule has 0 aliphatic carbocycles. The van der Waals surface area contributed by atoms with Crippen LogP contribution in [0.4, 0.5) is 0 Å². The number of carbonyl (C=O) groups is 1. The van der Waals surface area contributed by atoms with Crippen LogP contribution in [-0.4, -0.2) is 68.8 Å². The number of aliphatic hydroxyl groups excluding tert-OH is 2. The highest BCUT2D eigenvalue weighted by Gasteiger charge is 2.33. The molecule has 0 saturated heterocycles. The largest absolute Gasteiger partial charge is 0.394 e. The summed E-state index contributed by atoms with van der Waals surface area (Å²) in [6, 6.07) is 0. The van der Waals surface area contributed by atoms with Crippen molar-refractivity contribution in [3.63, 3.8) is 0 Å². The fraction of sp³-hybridized carbons (Fsp3) is 0.889. The molecule has 0 bridgehead atoms. The van der Waals surface area contributed by atoms with Crippen molar-refractivity contribution in [2.45, 2.75) is 18.3 Å². The van der Waals surface area contributed by atoms with Crippen molar-refractivity contribution in [1.29, 1.82) is 0 Å². The number of rotatable bonds is 8. The quantitative estimate of drug-likeness (QED) is 0.527. The second-order valence-corrected chi connectivity index (χ2v) is 2.78. The highest BCUT2D eigenvalue weighted by atomic mass is 16.5. The molecule has 0 radical (unpaired) electrons. The Labute approximate surface area is 93.0 Å². The van der Waals surface area contributed by atoms with Crippen LogP contribution in [0.15, 0.2) is 0 Å².